The lowest BCUT2D eigenvalue weighted by molar-refractivity contribution is -0.132. The highest BCUT2D eigenvalue weighted by atomic mass is 32.1. The number of aryl methyl sites for hydroxylation is 3. The number of ether oxygens (including phenoxy) is 2. The number of hydrogen-bond acceptors (Lipinski definition) is 9. The number of carbonyl (C=O) groups is 3. The molecule has 10 heteroatoms. The Morgan fingerprint density at radius 2 is 1.83 bits per heavy atom. The van der Waals surface area contributed by atoms with E-state index in [4.69, 9.17) is 13.9 Å². The van der Waals surface area contributed by atoms with E-state index >= 15 is 0 Å². The van der Waals surface area contributed by atoms with Crippen LogP contribution >= 0.6 is 11.3 Å². The lowest BCUT2D eigenvalue weighted by Gasteiger charge is -2.20. The van der Waals surface area contributed by atoms with Crippen LogP contribution in [-0.4, -0.2) is 34.4 Å². The van der Waals surface area contributed by atoms with E-state index in [1.54, 1.807) is 57.2 Å². The monoisotopic (exact) mass is 572 g/mol. The third-order valence-corrected chi connectivity index (χ3v) is 7.68. The minimum Gasteiger partial charge on any atom is -0.507 e. The minimum atomic E-state index is -1.10. The third-order valence-electron chi connectivity index (χ3n) is 6.54. The van der Waals surface area contributed by atoms with Gasteiger partial charge < -0.3 is 19.0 Å². The Bertz CT molecular complexity index is 1670. The van der Waals surface area contributed by atoms with Crippen LogP contribution < -0.4 is 9.64 Å². The quantitative estimate of drug-likeness (QED) is 0.117. The number of amides is 1. The Morgan fingerprint density at radius 3 is 2.49 bits per heavy atom. The fourth-order valence-electron chi connectivity index (χ4n) is 4.60. The van der Waals surface area contributed by atoms with E-state index in [1.807, 2.05) is 31.2 Å². The standard InChI is InChI=1S/C31H28N2O7S/c1-5-38-30(37)28-19(4)32-31(41-28)33-25(23-14-9-18(3)40-23)24(27(35)29(33)36)26(34)21-10-12-22(13-11-21)39-16-20-8-6-7-17(2)15-20/h6-15,25,34H,5,16H2,1-4H3/b26-24+. The van der Waals surface area contributed by atoms with Crippen molar-refractivity contribution in [1.82, 2.24) is 4.98 Å². The number of ketones is 1. The molecule has 210 valence electrons. The molecule has 0 saturated carbocycles. The van der Waals surface area contributed by atoms with Crippen LogP contribution in [-0.2, 0) is 20.9 Å². The van der Waals surface area contributed by atoms with Crippen LogP contribution in [0.25, 0.3) is 5.76 Å². The molecule has 1 N–H and O–H groups in total. The second kappa shape index (κ2) is 11.4. The third kappa shape index (κ3) is 5.51. The van der Waals surface area contributed by atoms with Crippen LogP contribution in [0.3, 0.4) is 0 Å². The number of esters is 1. The summed E-state index contributed by atoms with van der Waals surface area (Å²) >= 11 is 0.937. The maximum atomic E-state index is 13.4. The van der Waals surface area contributed by atoms with E-state index < -0.39 is 23.7 Å². The second-order valence-electron chi connectivity index (χ2n) is 9.55. The first-order chi connectivity index (χ1) is 19.7. The van der Waals surface area contributed by atoms with Crippen LogP contribution in [0, 0.1) is 20.8 Å². The van der Waals surface area contributed by atoms with Gasteiger partial charge in [-0.25, -0.2) is 9.78 Å². The number of aliphatic hydroxyl groups is 1. The number of nitrogens with zero attached hydrogens (tertiary/aromatic N) is 2. The highest BCUT2D eigenvalue weighted by Gasteiger charge is 2.50. The number of hydrogen-bond donors (Lipinski definition) is 1. The molecule has 1 amide bonds. The molecule has 1 aliphatic heterocycles. The summed E-state index contributed by atoms with van der Waals surface area (Å²) in [5.74, 6) is -1.32. The van der Waals surface area contributed by atoms with Gasteiger partial charge in [0.1, 0.15) is 40.6 Å². The van der Waals surface area contributed by atoms with E-state index in [2.05, 4.69) is 4.98 Å². The van der Waals surface area contributed by atoms with Crippen LogP contribution in [0.5, 0.6) is 5.75 Å². The van der Waals surface area contributed by atoms with Crippen molar-refractivity contribution in [2.45, 2.75) is 40.3 Å². The normalized spacial score (nSPS) is 16.3. The summed E-state index contributed by atoms with van der Waals surface area (Å²) in [7, 11) is 0. The van der Waals surface area contributed by atoms with Crippen molar-refractivity contribution in [3.63, 3.8) is 0 Å². The number of aromatic nitrogens is 1. The van der Waals surface area contributed by atoms with Crippen LogP contribution in [0.15, 0.2) is 70.7 Å². The van der Waals surface area contributed by atoms with Crippen molar-refractivity contribution in [1.29, 1.82) is 0 Å². The van der Waals surface area contributed by atoms with Crippen molar-refractivity contribution in [3.05, 3.63) is 105 Å². The molecule has 3 heterocycles. The molecule has 4 aromatic rings. The number of benzene rings is 2. The molecule has 1 unspecified atom stereocenters. The zero-order valence-corrected chi connectivity index (χ0v) is 23.8. The molecule has 1 saturated heterocycles. The van der Waals surface area contributed by atoms with Crippen LogP contribution in [0.1, 0.15) is 56.5 Å². The Kier molecular flexibility index (Phi) is 7.76. The number of thiazole rings is 1. The maximum Gasteiger partial charge on any atom is 0.350 e. The number of Topliss-reactive ketones (excluding diaryl/α,β-unsaturated/α-hetero) is 1. The molecule has 0 spiro atoms. The number of aliphatic hydroxyl groups excluding tert-OH is 1. The topological polar surface area (TPSA) is 119 Å². The highest BCUT2D eigenvalue weighted by molar-refractivity contribution is 7.17. The molecule has 1 fully saturated rings. The Balaban J connectivity index is 1.50. The zero-order chi connectivity index (χ0) is 29.3. The summed E-state index contributed by atoms with van der Waals surface area (Å²) in [5, 5.41) is 11.5. The van der Waals surface area contributed by atoms with Gasteiger partial charge in [0.15, 0.2) is 5.13 Å². The summed E-state index contributed by atoms with van der Waals surface area (Å²) in [6.45, 7) is 7.61. The predicted molar refractivity (Wildman–Crippen MR) is 153 cm³/mol. The van der Waals surface area contributed by atoms with E-state index in [9.17, 15) is 19.5 Å². The van der Waals surface area contributed by atoms with Crippen molar-refractivity contribution in [2.75, 3.05) is 11.5 Å². The maximum absolute atomic E-state index is 13.4. The van der Waals surface area contributed by atoms with Gasteiger partial charge in [-0.15, -0.1) is 0 Å². The number of carbonyl (C=O) groups excluding carboxylic acids is 3. The molecule has 1 aliphatic rings. The van der Waals surface area contributed by atoms with E-state index in [0.29, 0.717) is 29.4 Å². The molecule has 2 aromatic carbocycles. The summed E-state index contributed by atoms with van der Waals surface area (Å²) in [6, 6.07) is 16.8. The largest absolute Gasteiger partial charge is 0.507 e. The molecular formula is C31H28N2O7S. The lowest BCUT2D eigenvalue weighted by Crippen LogP contribution is -2.29. The fraction of sp³-hybridized carbons (Fsp3) is 0.226. The molecule has 2 aromatic heterocycles. The van der Waals surface area contributed by atoms with Gasteiger partial charge in [0.25, 0.3) is 5.78 Å². The van der Waals surface area contributed by atoms with Crippen molar-refractivity contribution in [3.8, 4) is 5.75 Å². The lowest BCUT2D eigenvalue weighted by atomic mass is 9.99. The second-order valence-corrected chi connectivity index (χ2v) is 10.5. The first-order valence-corrected chi connectivity index (χ1v) is 13.8. The average Bonchev–Trinajstić information content (AvgIpc) is 3.63. The number of furan rings is 1. The first-order valence-electron chi connectivity index (χ1n) is 13.0. The van der Waals surface area contributed by atoms with Gasteiger partial charge in [-0.3, -0.25) is 14.5 Å². The average molecular weight is 573 g/mol. The van der Waals surface area contributed by atoms with Gasteiger partial charge in [0.2, 0.25) is 0 Å². The first kappa shape index (κ1) is 27.9. The summed E-state index contributed by atoms with van der Waals surface area (Å²) < 4.78 is 16.8. The smallest absolute Gasteiger partial charge is 0.350 e. The summed E-state index contributed by atoms with van der Waals surface area (Å²) in [6.07, 6.45) is 0. The Morgan fingerprint density at radius 1 is 1.07 bits per heavy atom. The van der Waals surface area contributed by atoms with E-state index in [1.165, 1.54) is 0 Å². The van der Waals surface area contributed by atoms with Gasteiger partial charge in [-0.2, -0.15) is 0 Å². The molecule has 0 radical (unpaired) electrons. The number of rotatable bonds is 8. The van der Waals surface area contributed by atoms with Crippen molar-refractivity contribution >= 4 is 39.9 Å². The molecule has 41 heavy (non-hydrogen) atoms. The molecule has 0 bridgehead atoms. The summed E-state index contributed by atoms with van der Waals surface area (Å²) in [4.78, 5) is 45.0. The van der Waals surface area contributed by atoms with E-state index in [0.717, 1.165) is 27.4 Å². The zero-order valence-electron chi connectivity index (χ0n) is 23.0. The van der Waals surface area contributed by atoms with Crippen molar-refractivity contribution < 1.29 is 33.4 Å². The number of anilines is 1. The predicted octanol–water partition coefficient (Wildman–Crippen LogP) is 6.04. The summed E-state index contributed by atoms with van der Waals surface area (Å²) in [5.41, 5.74) is 2.69. The Hall–Kier alpha value is -4.70. The Labute approximate surface area is 240 Å². The van der Waals surface area contributed by atoms with E-state index in [-0.39, 0.29) is 33.7 Å². The molecule has 9 nitrogen and oxygen atoms in total. The molecule has 0 aliphatic carbocycles. The minimum absolute atomic E-state index is 0.116. The van der Waals surface area contributed by atoms with Crippen molar-refractivity contribution in [2.24, 2.45) is 0 Å². The molecule has 1 atom stereocenters. The SMILES string of the molecule is CCOC(=O)c1sc(N2C(=O)C(=O)/C(=C(/O)c3ccc(OCc4cccc(C)c4)cc3)C2c2ccc(C)o2)nc1C. The van der Waals surface area contributed by atoms with Gasteiger partial charge >= 0.3 is 11.9 Å². The van der Waals surface area contributed by atoms with Gasteiger partial charge in [-0.05, 0) is 69.7 Å². The molecule has 5 rings (SSSR count). The van der Waals surface area contributed by atoms with Gasteiger partial charge in [0.05, 0.1) is 17.9 Å². The fourth-order valence-corrected chi connectivity index (χ4v) is 5.59. The van der Waals surface area contributed by atoms with Gasteiger partial charge in [-0.1, -0.05) is 41.2 Å². The highest BCUT2D eigenvalue weighted by Crippen LogP contribution is 2.44. The van der Waals surface area contributed by atoms with Crippen LogP contribution in [0.4, 0.5) is 5.13 Å². The van der Waals surface area contributed by atoms with Gasteiger partial charge in [0, 0.05) is 5.56 Å². The molecular weight excluding hydrogens is 544 g/mol. The van der Waals surface area contributed by atoms with Crippen LogP contribution in [0.2, 0.25) is 0 Å².